The molecule has 2 rings (SSSR count). The van der Waals surface area contributed by atoms with Crippen LogP contribution in [-0.2, 0) is 0 Å². The fourth-order valence-electron chi connectivity index (χ4n) is 3.39. The molecule has 2 atom stereocenters. The van der Waals surface area contributed by atoms with E-state index in [4.69, 9.17) is 4.74 Å². The molecule has 2 heteroatoms. The second-order valence-corrected chi connectivity index (χ2v) is 7.38. The van der Waals surface area contributed by atoms with Gasteiger partial charge in [0.25, 0.3) is 0 Å². The van der Waals surface area contributed by atoms with Gasteiger partial charge in [-0.25, -0.2) is 0 Å². The van der Waals surface area contributed by atoms with Crippen LogP contribution in [0.3, 0.4) is 0 Å². The highest BCUT2D eigenvalue weighted by Gasteiger charge is 2.33. The minimum atomic E-state index is 0.212. The quantitative estimate of drug-likeness (QED) is 0.815. The van der Waals surface area contributed by atoms with E-state index in [9.17, 15) is 0 Å². The third kappa shape index (κ3) is 4.23. The normalized spacial score (nSPS) is 23.0. The zero-order chi connectivity index (χ0) is 15.5. The van der Waals surface area contributed by atoms with E-state index >= 15 is 0 Å². The molecular weight excluding hydrogens is 258 g/mol. The van der Waals surface area contributed by atoms with E-state index in [1.165, 1.54) is 31.2 Å². The molecule has 1 aromatic rings. The van der Waals surface area contributed by atoms with Crippen molar-refractivity contribution in [2.24, 2.45) is 5.41 Å². The van der Waals surface area contributed by atoms with Crippen molar-refractivity contribution in [3.63, 3.8) is 0 Å². The Balaban J connectivity index is 2.11. The van der Waals surface area contributed by atoms with Crippen LogP contribution in [0.4, 0.5) is 0 Å². The van der Waals surface area contributed by atoms with Crippen LogP contribution in [0.15, 0.2) is 24.3 Å². The zero-order valence-electron chi connectivity index (χ0n) is 14.3. The first-order valence-corrected chi connectivity index (χ1v) is 8.42. The molecule has 1 fully saturated rings. The van der Waals surface area contributed by atoms with Crippen LogP contribution in [0, 0.1) is 5.41 Å². The van der Waals surface area contributed by atoms with E-state index in [1.54, 1.807) is 0 Å². The van der Waals surface area contributed by atoms with Gasteiger partial charge in [-0.1, -0.05) is 44.9 Å². The predicted molar refractivity (Wildman–Crippen MR) is 89.8 cm³/mol. The monoisotopic (exact) mass is 289 g/mol. The first-order valence-electron chi connectivity index (χ1n) is 8.42. The molecule has 0 bridgehead atoms. The number of para-hydroxylation sites is 1. The van der Waals surface area contributed by atoms with Crippen molar-refractivity contribution in [1.29, 1.82) is 0 Å². The van der Waals surface area contributed by atoms with Crippen molar-refractivity contribution in [3.05, 3.63) is 29.8 Å². The summed E-state index contributed by atoms with van der Waals surface area (Å²) in [5, 5.41) is 3.86. The molecule has 2 unspecified atom stereocenters. The Morgan fingerprint density at radius 1 is 1.14 bits per heavy atom. The molecule has 0 radical (unpaired) electrons. The number of nitrogens with one attached hydrogen (secondary N) is 1. The second-order valence-electron chi connectivity index (χ2n) is 7.38. The maximum absolute atomic E-state index is 5.97. The summed E-state index contributed by atoms with van der Waals surface area (Å²) in [5.74, 6) is 1.01. The van der Waals surface area contributed by atoms with Gasteiger partial charge in [-0.3, -0.25) is 0 Å². The predicted octanol–water partition coefficient (Wildman–Crippen LogP) is 5.09. The van der Waals surface area contributed by atoms with E-state index < -0.39 is 0 Å². The maximum atomic E-state index is 5.97. The fraction of sp³-hybridized carbons (Fsp3) is 0.684. The highest BCUT2D eigenvalue weighted by atomic mass is 16.5. The molecule has 2 nitrogen and oxygen atoms in total. The third-order valence-electron chi connectivity index (χ3n) is 4.71. The average molecular weight is 289 g/mol. The summed E-state index contributed by atoms with van der Waals surface area (Å²) in [7, 11) is 0. The first-order chi connectivity index (χ1) is 9.90. The van der Waals surface area contributed by atoms with Crippen LogP contribution in [0.2, 0.25) is 0 Å². The van der Waals surface area contributed by atoms with Crippen molar-refractivity contribution in [2.75, 3.05) is 0 Å². The van der Waals surface area contributed by atoms with Crippen molar-refractivity contribution in [3.8, 4) is 5.75 Å². The Hall–Kier alpha value is -1.02. The number of ether oxygens (including phenoxy) is 1. The van der Waals surface area contributed by atoms with Gasteiger partial charge in [-0.05, 0) is 45.1 Å². The second kappa shape index (κ2) is 6.83. The number of hydrogen-bond donors (Lipinski definition) is 1. The summed E-state index contributed by atoms with van der Waals surface area (Å²) >= 11 is 0. The van der Waals surface area contributed by atoms with Gasteiger partial charge in [-0.15, -0.1) is 0 Å². The summed E-state index contributed by atoms with van der Waals surface area (Å²) in [6.07, 6.45) is 5.53. The summed E-state index contributed by atoms with van der Waals surface area (Å²) < 4.78 is 5.97. The maximum Gasteiger partial charge on any atom is 0.124 e. The molecule has 1 aliphatic carbocycles. The number of hydrogen-bond acceptors (Lipinski definition) is 2. The van der Waals surface area contributed by atoms with Crippen molar-refractivity contribution in [2.45, 2.75) is 78.5 Å². The van der Waals surface area contributed by atoms with Gasteiger partial charge in [-0.2, -0.15) is 0 Å². The lowest BCUT2D eigenvalue weighted by Crippen LogP contribution is -2.45. The molecule has 0 aliphatic heterocycles. The first kappa shape index (κ1) is 16.4. The lowest BCUT2D eigenvalue weighted by Gasteiger charge is -2.41. The molecule has 1 aliphatic rings. The Bertz CT molecular complexity index is 453. The minimum absolute atomic E-state index is 0.212. The van der Waals surface area contributed by atoms with E-state index in [2.05, 4.69) is 64.2 Å². The molecule has 21 heavy (non-hydrogen) atoms. The smallest absolute Gasteiger partial charge is 0.124 e. The summed E-state index contributed by atoms with van der Waals surface area (Å²) in [4.78, 5) is 0. The third-order valence-corrected chi connectivity index (χ3v) is 4.71. The lowest BCUT2D eigenvalue weighted by atomic mass is 9.73. The molecule has 0 saturated heterocycles. The molecule has 1 saturated carbocycles. The molecule has 1 N–H and O–H groups in total. The molecule has 1 aromatic carbocycles. The molecule has 0 aromatic heterocycles. The Morgan fingerprint density at radius 2 is 1.86 bits per heavy atom. The van der Waals surface area contributed by atoms with Gasteiger partial charge in [0.15, 0.2) is 0 Å². The van der Waals surface area contributed by atoms with Crippen molar-refractivity contribution in [1.82, 2.24) is 5.32 Å². The van der Waals surface area contributed by atoms with Gasteiger partial charge in [0.2, 0.25) is 0 Å². The Labute approximate surface area is 130 Å². The molecule has 0 amide bonds. The van der Waals surface area contributed by atoms with Gasteiger partial charge >= 0.3 is 0 Å². The van der Waals surface area contributed by atoms with Crippen LogP contribution in [0.1, 0.15) is 71.9 Å². The standard InChI is InChI=1S/C19H31NO/c1-14(2)21-17-11-7-6-10-16(17)15(3)20-18-12-8-9-13-19(18,4)5/h6-7,10-11,14-15,18,20H,8-9,12-13H2,1-5H3. The molecule has 0 spiro atoms. The van der Waals surface area contributed by atoms with E-state index in [0.717, 1.165) is 5.75 Å². The van der Waals surface area contributed by atoms with Crippen molar-refractivity contribution < 1.29 is 4.74 Å². The topological polar surface area (TPSA) is 21.3 Å². The van der Waals surface area contributed by atoms with E-state index in [1.807, 2.05) is 0 Å². The van der Waals surface area contributed by atoms with Crippen LogP contribution in [0.5, 0.6) is 5.75 Å². The van der Waals surface area contributed by atoms with E-state index in [0.29, 0.717) is 17.5 Å². The summed E-state index contributed by atoms with van der Waals surface area (Å²) in [6, 6.07) is 9.34. The summed E-state index contributed by atoms with van der Waals surface area (Å²) in [5.41, 5.74) is 1.66. The highest BCUT2D eigenvalue weighted by molar-refractivity contribution is 5.35. The van der Waals surface area contributed by atoms with Gasteiger partial charge < -0.3 is 10.1 Å². The zero-order valence-corrected chi connectivity index (χ0v) is 14.3. The molecule has 0 heterocycles. The van der Waals surface area contributed by atoms with E-state index in [-0.39, 0.29) is 6.10 Å². The fourth-order valence-corrected chi connectivity index (χ4v) is 3.39. The van der Waals surface area contributed by atoms with Gasteiger partial charge in [0, 0.05) is 17.6 Å². The van der Waals surface area contributed by atoms with Crippen molar-refractivity contribution >= 4 is 0 Å². The average Bonchev–Trinajstić information content (AvgIpc) is 2.41. The summed E-state index contributed by atoms with van der Waals surface area (Å²) in [6.45, 7) is 11.2. The highest BCUT2D eigenvalue weighted by Crippen LogP contribution is 2.37. The van der Waals surface area contributed by atoms with Crippen LogP contribution in [0.25, 0.3) is 0 Å². The number of rotatable bonds is 5. The number of benzene rings is 1. The Morgan fingerprint density at radius 3 is 2.52 bits per heavy atom. The Kier molecular flexibility index (Phi) is 5.32. The van der Waals surface area contributed by atoms with Crippen LogP contribution in [-0.4, -0.2) is 12.1 Å². The van der Waals surface area contributed by atoms with Gasteiger partial charge in [0.05, 0.1) is 6.10 Å². The largest absolute Gasteiger partial charge is 0.491 e. The molecule has 118 valence electrons. The van der Waals surface area contributed by atoms with Gasteiger partial charge in [0.1, 0.15) is 5.75 Å². The van der Waals surface area contributed by atoms with Crippen LogP contribution < -0.4 is 10.1 Å². The minimum Gasteiger partial charge on any atom is -0.491 e. The molecular formula is C19H31NO. The SMILES string of the molecule is CC(C)Oc1ccccc1C(C)NC1CCCCC1(C)C. The van der Waals surface area contributed by atoms with Crippen LogP contribution >= 0.6 is 0 Å². The lowest BCUT2D eigenvalue weighted by molar-refractivity contribution is 0.156.